The molecule has 0 saturated carbocycles. The SMILES string of the molecule is CCC1C(=O)NC(=O)CN1C(=O)[C@H]1CCC(=O)N1. The Morgan fingerprint density at radius 3 is 2.61 bits per heavy atom. The van der Waals surface area contributed by atoms with Gasteiger partial charge < -0.3 is 10.2 Å². The summed E-state index contributed by atoms with van der Waals surface area (Å²) in [6, 6.07) is -1.24. The molecular weight excluding hydrogens is 238 g/mol. The predicted molar refractivity (Wildman–Crippen MR) is 60.1 cm³/mol. The summed E-state index contributed by atoms with van der Waals surface area (Å²) in [5, 5.41) is 4.76. The number of carbonyl (C=O) groups excluding carboxylic acids is 4. The predicted octanol–water partition coefficient (Wildman–Crippen LogP) is -1.47. The molecule has 2 saturated heterocycles. The molecule has 0 aromatic rings. The third kappa shape index (κ3) is 2.20. The first kappa shape index (κ1) is 12.5. The van der Waals surface area contributed by atoms with Crippen LogP contribution >= 0.6 is 0 Å². The van der Waals surface area contributed by atoms with Crippen molar-refractivity contribution in [2.24, 2.45) is 0 Å². The lowest BCUT2D eigenvalue weighted by molar-refractivity contribution is -0.151. The van der Waals surface area contributed by atoms with E-state index in [-0.39, 0.29) is 18.4 Å². The van der Waals surface area contributed by atoms with Gasteiger partial charge in [0.05, 0.1) is 0 Å². The van der Waals surface area contributed by atoms with E-state index in [0.717, 1.165) is 0 Å². The Morgan fingerprint density at radius 2 is 2.06 bits per heavy atom. The fourth-order valence-electron chi connectivity index (χ4n) is 2.30. The molecule has 0 aliphatic carbocycles. The van der Waals surface area contributed by atoms with Crippen LogP contribution in [-0.4, -0.2) is 47.2 Å². The van der Waals surface area contributed by atoms with Gasteiger partial charge in [-0.3, -0.25) is 24.5 Å². The molecular formula is C11H15N3O4. The van der Waals surface area contributed by atoms with Crippen LogP contribution in [-0.2, 0) is 19.2 Å². The van der Waals surface area contributed by atoms with E-state index >= 15 is 0 Å². The molecule has 98 valence electrons. The first-order valence-electron chi connectivity index (χ1n) is 5.96. The molecule has 0 aromatic heterocycles. The fraction of sp³-hybridized carbons (Fsp3) is 0.636. The molecule has 4 amide bonds. The van der Waals surface area contributed by atoms with Crippen molar-refractivity contribution in [3.05, 3.63) is 0 Å². The molecule has 18 heavy (non-hydrogen) atoms. The molecule has 2 aliphatic rings. The number of nitrogens with zero attached hydrogens (tertiary/aromatic N) is 1. The first-order chi connectivity index (χ1) is 8.52. The average molecular weight is 253 g/mol. The summed E-state index contributed by atoms with van der Waals surface area (Å²) < 4.78 is 0. The standard InChI is InChI=1S/C11H15N3O4/c1-2-7-10(17)13-9(16)5-14(7)11(18)6-3-4-8(15)12-6/h6-7H,2-5H2,1H3,(H,12,15)(H,13,16,17)/t6-,7?/m1/s1. The molecule has 0 bridgehead atoms. The summed E-state index contributed by atoms with van der Waals surface area (Å²) in [7, 11) is 0. The van der Waals surface area contributed by atoms with Gasteiger partial charge in [-0.2, -0.15) is 0 Å². The molecule has 7 nitrogen and oxygen atoms in total. The molecule has 7 heteroatoms. The average Bonchev–Trinajstić information content (AvgIpc) is 2.74. The van der Waals surface area contributed by atoms with Crippen LogP contribution in [0.25, 0.3) is 0 Å². The number of rotatable bonds is 2. The van der Waals surface area contributed by atoms with Crippen LogP contribution in [0.2, 0.25) is 0 Å². The summed E-state index contributed by atoms with van der Waals surface area (Å²) in [5.41, 5.74) is 0. The van der Waals surface area contributed by atoms with Crippen LogP contribution in [0.5, 0.6) is 0 Å². The fourth-order valence-corrected chi connectivity index (χ4v) is 2.30. The van der Waals surface area contributed by atoms with E-state index in [4.69, 9.17) is 0 Å². The lowest BCUT2D eigenvalue weighted by Crippen LogP contribution is -2.62. The minimum atomic E-state index is -0.632. The minimum Gasteiger partial charge on any atom is -0.344 e. The van der Waals surface area contributed by atoms with Gasteiger partial charge >= 0.3 is 0 Å². The highest BCUT2D eigenvalue weighted by atomic mass is 16.2. The van der Waals surface area contributed by atoms with E-state index in [1.807, 2.05) is 0 Å². The number of piperazine rings is 1. The van der Waals surface area contributed by atoms with Gasteiger partial charge in [0, 0.05) is 6.42 Å². The zero-order valence-electron chi connectivity index (χ0n) is 10.1. The van der Waals surface area contributed by atoms with Crippen molar-refractivity contribution in [2.45, 2.75) is 38.3 Å². The van der Waals surface area contributed by atoms with Crippen LogP contribution in [0, 0.1) is 0 Å². The quantitative estimate of drug-likeness (QED) is 0.587. The van der Waals surface area contributed by atoms with Gasteiger partial charge in [-0.1, -0.05) is 6.92 Å². The molecule has 2 atom stereocenters. The van der Waals surface area contributed by atoms with E-state index in [1.54, 1.807) is 6.92 Å². The van der Waals surface area contributed by atoms with Gasteiger partial charge in [0.2, 0.25) is 23.6 Å². The molecule has 2 rings (SSSR count). The van der Waals surface area contributed by atoms with Crippen LogP contribution in [0.1, 0.15) is 26.2 Å². The monoisotopic (exact) mass is 253 g/mol. The van der Waals surface area contributed by atoms with E-state index in [2.05, 4.69) is 10.6 Å². The summed E-state index contributed by atoms with van der Waals surface area (Å²) >= 11 is 0. The second kappa shape index (κ2) is 4.75. The third-order valence-electron chi connectivity index (χ3n) is 3.22. The number of hydrogen-bond donors (Lipinski definition) is 2. The van der Waals surface area contributed by atoms with Crippen molar-refractivity contribution in [2.75, 3.05) is 6.54 Å². The Bertz CT molecular complexity index is 421. The number of nitrogens with one attached hydrogen (secondary N) is 2. The molecule has 0 radical (unpaired) electrons. The van der Waals surface area contributed by atoms with Crippen molar-refractivity contribution < 1.29 is 19.2 Å². The van der Waals surface area contributed by atoms with Crippen molar-refractivity contribution in [1.29, 1.82) is 0 Å². The second-order valence-electron chi connectivity index (χ2n) is 4.46. The van der Waals surface area contributed by atoms with Crippen molar-refractivity contribution >= 4 is 23.6 Å². The lowest BCUT2D eigenvalue weighted by Gasteiger charge is -2.34. The Labute approximate surface area is 104 Å². The van der Waals surface area contributed by atoms with Gasteiger partial charge in [-0.05, 0) is 12.8 Å². The maximum Gasteiger partial charge on any atom is 0.249 e. The zero-order chi connectivity index (χ0) is 13.3. The largest absolute Gasteiger partial charge is 0.344 e. The van der Waals surface area contributed by atoms with Crippen molar-refractivity contribution in [1.82, 2.24) is 15.5 Å². The number of carbonyl (C=O) groups is 4. The summed E-state index contributed by atoms with van der Waals surface area (Å²) in [4.78, 5) is 47.5. The van der Waals surface area contributed by atoms with Crippen molar-refractivity contribution in [3.8, 4) is 0 Å². The lowest BCUT2D eigenvalue weighted by atomic mass is 10.1. The van der Waals surface area contributed by atoms with Gasteiger partial charge in [0.15, 0.2) is 0 Å². The number of amides is 4. The molecule has 1 unspecified atom stereocenters. The summed E-state index contributed by atoms with van der Waals surface area (Å²) in [5.74, 6) is -1.46. The van der Waals surface area contributed by atoms with Gasteiger partial charge in [0.25, 0.3) is 0 Å². The minimum absolute atomic E-state index is 0.130. The van der Waals surface area contributed by atoms with E-state index in [9.17, 15) is 19.2 Å². The third-order valence-corrected chi connectivity index (χ3v) is 3.22. The topological polar surface area (TPSA) is 95.6 Å². The molecule has 0 spiro atoms. The molecule has 2 heterocycles. The summed E-state index contributed by atoms with van der Waals surface area (Å²) in [6.07, 6.45) is 1.16. The molecule has 0 aromatic carbocycles. The molecule has 2 aliphatic heterocycles. The maximum atomic E-state index is 12.2. The van der Waals surface area contributed by atoms with Crippen LogP contribution in [0.4, 0.5) is 0 Å². The Balaban J connectivity index is 2.13. The maximum absolute atomic E-state index is 12.2. The molecule has 2 fully saturated rings. The second-order valence-corrected chi connectivity index (χ2v) is 4.46. The Morgan fingerprint density at radius 1 is 1.33 bits per heavy atom. The number of imide groups is 1. The highest BCUT2D eigenvalue weighted by Gasteiger charge is 2.39. The highest BCUT2D eigenvalue weighted by Crippen LogP contribution is 2.15. The van der Waals surface area contributed by atoms with Crippen LogP contribution in [0.15, 0.2) is 0 Å². The van der Waals surface area contributed by atoms with Crippen molar-refractivity contribution in [3.63, 3.8) is 0 Å². The smallest absolute Gasteiger partial charge is 0.249 e. The van der Waals surface area contributed by atoms with Gasteiger partial charge in [-0.15, -0.1) is 0 Å². The van der Waals surface area contributed by atoms with Crippen LogP contribution in [0.3, 0.4) is 0 Å². The zero-order valence-corrected chi connectivity index (χ0v) is 10.1. The van der Waals surface area contributed by atoms with E-state index in [0.29, 0.717) is 19.3 Å². The summed E-state index contributed by atoms with van der Waals surface area (Å²) in [6.45, 7) is 1.64. The van der Waals surface area contributed by atoms with E-state index < -0.39 is 23.9 Å². The number of hydrogen-bond acceptors (Lipinski definition) is 4. The van der Waals surface area contributed by atoms with Crippen LogP contribution < -0.4 is 10.6 Å². The van der Waals surface area contributed by atoms with Gasteiger partial charge in [-0.25, -0.2) is 0 Å². The normalized spacial score (nSPS) is 28.1. The molecule has 2 N–H and O–H groups in total. The Hall–Kier alpha value is -1.92. The first-order valence-corrected chi connectivity index (χ1v) is 5.96. The Kier molecular flexibility index (Phi) is 3.31. The highest BCUT2D eigenvalue weighted by molar-refractivity contribution is 6.05. The van der Waals surface area contributed by atoms with E-state index in [1.165, 1.54) is 4.90 Å². The van der Waals surface area contributed by atoms with Gasteiger partial charge in [0.1, 0.15) is 18.6 Å².